The fourth-order valence-electron chi connectivity index (χ4n) is 4.81. The number of rotatable bonds is 3. The van der Waals surface area contributed by atoms with Crippen molar-refractivity contribution in [3.8, 4) is 0 Å². The summed E-state index contributed by atoms with van der Waals surface area (Å²) in [5.41, 5.74) is 2.50. The first-order chi connectivity index (χ1) is 16.9. The van der Waals surface area contributed by atoms with E-state index in [-0.39, 0.29) is 30.4 Å². The number of hydrogen-bond donors (Lipinski definition) is 1. The molecule has 3 heterocycles. The van der Waals surface area contributed by atoms with Crippen LogP contribution in [0.1, 0.15) is 65.7 Å². The average molecular weight is 483 g/mol. The van der Waals surface area contributed by atoms with Crippen molar-refractivity contribution in [1.82, 2.24) is 0 Å². The maximum atomic E-state index is 12.5. The summed E-state index contributed by atoms with van der Waals surface area (Å²) >= 11 is 0. The van der Waals surface area contributed by atoms with Crippen molar-refractivity contribution < 1.29 is 24.1 Å². The van der Waals surface area contributed by atoms with E-state index in [1.807, 2.05) is 24.3 Å². The molecule has 0 fully saturated rings. The number of aliphatic hydroxyl groups excluding tert-OH is 1. The first kappa shape index (κ1) is 27.4. The van der Waals surface area contributed by atoms with Crippen LogP contribution in [0.25, 0.3) is 0 Å². The molecule has 3 aliphatic heterocycles. The molecule has 0 radical (unpaired) electrons. The van der Waals surface area contributed by atoms with Crippen molar-refractivity contribution in [3.05, 3.63) is 71.9 Å². The first-order valence-electron chi connectivity index (χ1n) is 13.0. The maximum Gasteiger partial charge on any atom is 0.330 e. The zero-order valence-electron chi connectivity index (χ0n) is 21.5. The lowest BCUT2D eigenvalue weighted by Crippen LogP contribution is -2.25. The summed E-state index contributed by atoms with van der Waals surface area (Å²) in [5, 5.41) is 10.5. The van der Waals surface area contributed by atoms with Crippen LogP contribution in [-0.4, -0.2) is 48.2 Å². The molecule has 0 saturated heterocycles. The summed E-state index contributed by atoms with van der Waals surface area (Å²) in [7, 11) is 0. The van der Waals surface area contributed by atoms with Gasteiger partial charge in [0, 0.05) is 18.9 Å². The largest absolute Gasteiger partial charge is 0.459 e. The van der Waals surface area contributed by atoms with E-state index in [9.17, 15) is 9.90 Å². The van der Waals surface area contributed by atoms with Gasteiger partial charge in [-0.05, 0) is 51.9 Å². The minimum absolute atomic E-state index is 0.0227. The highest BCUT2D eigenvalue weighted by molar-refractivity contribution is 5.82. The van der Waals surface area contributed by atoms with Crippen molar-refractivity contribution in [3.63, 3.8) is 0 Å². The van der Waals surface area contributed by atoms with Crippen LogP contribution in [-0.2, 0) is 19.0 Å². The van der Waals surface area contributed by atoms with E-state index in [2.05, 4.69) is 51.2 Å². The Morgan fingerprint density at radius 1 is 1.06 bits per heavy atom. The van der Waals surface area contributed by atoms with Gasteiger partial charge in [0.1, 0.15) is 6.10 Å². The fourth-order valence-corrected chi connectivity index (χ4v) is 4.81. The second-order valence-corrected chi connectivity index (χ2v) is 10.1. The second kappa shape index (κ2) is 14.4. The van der Waals surface area contributed by atoms with Crippen LogP contribution in [0.3, 0.4) is 0 Å². The Labute approximate surface area is 210 Å². The van der Waals surface area contributed by atoms with E-state index < -0.39 is 6.10 Å². The number of ether oxygens (including phenoxy) is 3. The molecular weight excluding hydrogens is 440 g/mol. The van der Waals surface area contributed by atoms with E-state index >= 15 is 0 Å². The van der Waals surface area contributed by atoms with Gasteiger partial charge in [-0.25, -0.2) is 4.79 Å². The van der Waals surface area contributed by atoms with Gasteiger partial charge in [0.25, 0.3) is 0 Å². The lowest BCUT2D eigenvalue weighted by Gasteiger charge is -2.27. The first-order valence-corrected chi connectivity index (χ1v) is 13.0. The summed E-state index contributed by atoms with van der Waals surface area (Å²) in [6.07, 6.45) is 24.2. The number of carbonyl (C=O) groups excluding carboxylic acids is 1. The SMILES string of the molecule is CC1=CCO[C@H](/C=C/C[C@@H]2C/C=C/[C@@H](O)C/C(C)=C/[C@H](C)C[C@@H]3CC=C[C@@H](C/C=C\C(=O)O2)O3)C1. The van der Waals surface area contributed by atoms with Crippen LogP contribution in [0.15, 0.2) is 71.9 Å². The van der Waals surface area contributed by atoms with Crippen LogP contribution in [0.5, 0.6) is 0 Å². The number of allylic oxidation sites excluding steroid dienone is 1. The third-order valence-corrected chi connectivity index (χ3v) is 6.53. The van der Waals surface area contributed by atoms with Crippen LogP contribution < -0.4 is 0 Å². The molecule has 0 amide bonds. The van der Waals surface area contributed by atoms with Gasteiger partial charge < -0.3 is 19.3 Å². The highest BCUT2D eigenvalue weighted by Gasteiger charge is 2.20. The Morgan fingerprint density at radius 2 is 1.89 bits per heavy atom. The molecule has 0 aliphatic carbocycles. The van der Waals surface area contributed by atoms with Crippen LogP contribution in [0.2, 0.25) is 0 Å². The number of esters is 1. The van der Waals surface area contributed by atoms with E-state index in [4.69, 9.17) is 14.2 Å². The van der Waals surface area contributed by atoms with Crippen molar-refractivity contribution in [2.24, 2.45) is 5.92 Å². The second-order valence-electron chi connectivity index (χ2n) is 10.1. The third kappa shape index (κ3) is 10.5. The normalized spacial score (nSPS) is 36.9. The Bertz CT molecular complexity index is 862. The molecule has 5 heteroatoms. The molecule has 5 nitrogen and oxygen atoms in total. The molecule has 2 bridgehead atoms. The number of cyclic esters (lactones) is 1. The van der Waals surface area contributed by atoms with Crippen molar-refractivity contribution in [2.45, 2.75) is 96.2 Å². The molecule has 1 N–H and O–H groups in total. The molecule has 6 atom stereocenters. The molecule has 0 saturated carbocycles. The Morgan fingerprint density at radius 3 is 2.71 bits per heavy atom. The highest BCUT2D eigenvalue weighted by atomic mass is 16.5. The van der Waals surface area contributed by atoms with Crippen LogP contribution in [0, 0.1) is 5.92 Å². The predicted molar refractivity (Wildman–Crippen MR) is 140 cm³/mol. The van der Waals surface area contributed by atoms with E-state index in [0.717, 1.165) is 19.3 Å². The van der Waals surface area contributed by atoms with Gasteiger partial charge in [0.05, 0.1) is 31.0 Å². The van der Waals surface area contributed by atoms with E-state index in [1.165, 1.54) is 17.2 Å². The summed E-state index contributed by atoms with van der Waals surface area (Å²) in [4.78, 5) is 12.5. The van der Waals surface area contributed by atoms with Crippen molar-refractivity contribution >= 4 is 5.97 Å². The molecule has 0 spiro atoms. The van der Waals surface area contributed by atoms with Gasteiger partial charge in [-0.1, -0.05) is 72.8 Å². The molecule has 0 aromatic heterocycles. The number of aliphatic hydroxyl groups is 1. The van der Waals surface area contributed by atoms with Gasteiger partial charge in [0.2, 0.25) is 0 Å². The zero-order chi connectivity index (χ0) is 25.0. The molecule has 0 aromatic rings. The van der Waals surface area contributed by atoms with Gasteiger partial charge in [-0.2, -0.15) is 0 Å². The third-order valence-electron chi connectivity index (χ3n) is 6.53. The molecule has 3 aliphatic rings. The van der Waals surface area contributed by atoms with Gasteiger partial charge in [0.15, 0.2) is 0 Å². The topological polar surface area (TPSA) is 65.0 Å². The zero-order valence-corrected chi connectivity index (χ0v) is 21.5. The van der Waals surface area contributed by atoms with Gasteiger partial charge in [-0.3, -0.25) is 0 Å². The monoisotopic (exact) mass is 482 g/mol. The Balaban J connectivity index is 1.67. The Kier molecular flexibility index (Phi) is 11.2. The molecule has 35 heavy (non-hydrogen) atoms. The number of fused-ring (bicyclic) bond motifs is 2. The van der Waals surface area contributed by atoms with Gasteiger partial charge >= 0.3 is 5.97 Å². The van der Waals surface area contributed by atoms with Gasteiger partial charge in [-0.15, -0.1) is 0 Å². The molecule has 0 aromatic carbocycles. The summed E-state index contributed by atoms with van der Waals surface area (Å²) in [6, 6.07) is 0. The maximum absolute atomic E-state index is 12.5. The molecule has 192 valence electrons. The lowest BCUT2D eigenvalue weighted by molar-refractivity contribution is -0.142. The lowest BCUT2D eigenvalue weighted by atomic mass is 9.95. The van der Waals surface area contributed by atoms with E-state index in [0.29, 0.717) is 38.2 Å². The molecule has 0 unspecified atom stereocenters. The number of carbonyl (C=O) groups is 1. The standard InChI is InChI=1S/C30H42O5/c1-22-16-17-33-28(20-22)13-5-11-27-9-4-8-25(31)19-23(2)18-24(3)21-29-14-6-10-26(34-29)12-7-15-30(32)35-27/h4-8,10,13,15-16,18,24-29,31H,9,11-12,14,17,19-21H2,1-3H3/b8-4+,13-5+,15-7-,23-18+/t24-,25+,26-,27-,28+,29-/m0/s1. The van der Waals surface area contributed by atoms with Crippen molar-refractivity contribution in [2.75, 3.05) is 6.61 Å². The van der Waals surface area contributed by atoms with Crippen molar-refractivity contribution in [1.29, 1.82) is 0 Å². The predicted octanol–water partition coefficient (Wildman–Crippen LogP) is 5.92. The smallest absolute Gasteiger partial charge is 0.330 e. The number of hydrogen-bond acceptors (Lipinski definition) is 5. The minimum Gasteiger partial charge on any atom is -0.459 e. The summed E-state index contributed by atoms with van der Waals surface area (Å²) in [6.45, 7) is 7.02. The average Bonchev–Trinajstić information content (AvgIpc) is 2.78. The van der Waals surface area contributed by atoms with Crippen LogP contribution >= 0.6 is 0 Å². The van der Waals surface area contributed by atoms with Crippen LogP contribution in [0.4, 0.5) is 0 Å². The summed E-state index contributed by atoms with van der Waals surface area (Å²) in [5.74, 6) is 0.0196. The highest BCUT2D eigenvalue weighted by Crippen LogP contribution is 2.23. The molecular formula is C30H42O5. The quantitative estimate of drug-likeness (QED) is 0.399. The Hall–Kier alpha value is -2.21. The van der Waals surface area contributed by atoms with E-state index in [1.54, 1.807) is 0 Å². The fraction of sp³-hybridized carbons (Fsp3) is 0.567. The summed E-state index contributed by atoms with van der Waals surface area (Å²) < 4.78 is 17.7. The molecule has 3 rings (SSSR count). The minimum atomic E-state index is -0.562.